The number of rotatable bonds is 6. The summed E-state index contributed by atoms with van der Waals surface area (Å²) < 4.78 is 32.6. The number of sulfonamides is 1. The molecule has 1 amide bonds. The molecule has 3 aromatic rings. The van der Waals surface area contributed by atoms with Crippen LogP contribution in [-0.4, -0.2) is 28.4 Å². The zero-order chi connectivity index (χ0) is 20.1. The second-order valence-corrected chi connectivity index (χ2v) is 7.95. The van der Waals surface area contributed by atoms with Gasteiger partial charge in [0.25, 0.3) is 15.9 Å². The minimum absolute atomic E-state index is 0.104. The molecule has 0 fully saturated rings. The normalized spacial score (nSPS) is 10.9. The van der Waals surface area contributed by atoms with Gasteiger partial charge in [-0.1, -0.05) is 18.2 Å². The van der Waals surface area contributed by atoms with Gasteiger partial charge < -0.3 is 10.1 Å². The monoisotopic (exact) mass is 396 g/mol. The van der Waals surface area contributed by atoms with E-state index in [1.165, 1.54) is 42.7 Å². The summed E-state index contributed by atoms with van der Waals surface area (Å²) in [5.74, 6) is 1.04. The number of carbonyl (C=O) groups is 1. The van der Waals surface area contributed by atoms with Crippen LogP contribution in [0.2, 0.25) is 0 Å². The second-order valence-electron chi connectivity index (χ2n) is 5.99. The van der Waals surface area contributed by atoms with Crippen LogP contribution in [0.25, 0.3) is 0 Å². The predicted molar refractivity (Wildman–Crippen MR) is 108 cm³/mol. The first-order valence-electron chi connectivity index (χ1n) is 8.56. The number of anilines is 1. The number of benzene rings is 3. The van der Waals surface area contributed by atoms with Gasteiger partial charge in [0.05, 0.1) is 10.6 Å². The third-order valence-electron chi connectivity index (χ3n) is 4.18. The van der Waals surface area contributed by atoms with E-state index in [0.29, 0.717) is 22.7 Å². The minimum Gasteiger partial charge on any atom is -0.457 e. The fraction of sp³-hybridized carbons (Fsp3) is 0.0952. The van der Waals surface area contributed by atoms with Crippen LogP contribution in [0.15, 0.2) is 83.8 Å². The molecule has 0 saturated carbocycles. The van der Waals surface area contributed by atoms with Gasteiger partial charge in [-0.15, -0.1) is 0 Å². The van der Waals surface area contributed by atoms with Crippen molar-refractivity contribution in [3.05, 3.63) is 84.4 Å². The van der Waals surface area contributed by atoms with Crippen molar-refractivity contribution in [1.29, 1.82) is 0 Å². The summed E-state index contributed by atoms with van der Waals surface area (Å²) in [6.45, 7) is 0. The van der Waals surface area contributed by atoms with Crippen molar-refractivity contribution in [2.75, 3.05) is 18.4 Å². The van der Waals surface area contributed by atoms with Crippen LogP contribution < -0.4 is 14.4 Å². The van der Waals surface area contributed by atoms with Crippen LogP contribution >= 0.6 is 0 Å². The van der Waals surface area contributed by atoms with Crippen LogP contribution in [0, 0.1) is 0 Å². The molecule has 0 spiro atoms. The Morgan fingerprint density at radius 3 is 2.00 bits per heavy atom. The molecule has 28 heavy (non-hydrogen) atoms. The quantitative estimate of drug-likeness (QED) is 0.690. The Morgan fingerprint density at radius 1 is 0.857 bits per heavy atom. The molecule has 3 rings (SSSR count). The van der Waals surface area contributed by atoms with E-state index in [0.717, 1.165) is 0 Å². The highest BCUT2D eigenvalue weighted by Gasteiger charge is 2.21. The Labute approximate surface area is 164 Å². The fourth-order valence-corrected chi connectivity index (χ4v) is 3.76. The Kier molecular flexibility index (Phi) is 5.65. The van der Waals surface area contributed by atoms with Crippen molar-refractivity contribution in [1.82, 2.24) is 5.32 Å². The van der Waals surface area contributed by atoms with Gasteiger partial charge >= 0.3 is 0 Å². The van der Waals surface area contributed by atoms with Gasteiger partial charge in [-0.25, -0.2) is 8.42 Å². The molecule has 0 aromatic heterocycles. The summed E-state index contributed by atoms with van der Waals surface area (Å²) in [4.78, 5) is 11.7. The topological polar surface area (TPSA) is 75.7 Å². The zero-order valence-corrected chi connectivity index (χ0v) is 16.3. The van der Waals surface area contributed by atoms with Crippen LogP contribution in [0.4, 0.5) is 5.69 Å². The lowest BCUT2D eigenvalue weighted by molar-refractivity contribution is 0.0963. The largest absolute Gasteiger partial charge is 0.457 e. The molecule has 7 heteroatoms. The summed E-state index contributed by atoms with van der Waals surface area (Å²) in [7, 11) is -0.751. The molecule has 0 aliphatic heterocycles. The van der Waals surface area contributed by atoms with Crippen molar-refractivity contribution in [3.63, 3.8) is 0 Å². The molecular formula is C21H20N2O4S. The van der Waals surface area contributed by atoms with E-state index < -0.39 is 10.0 Å². The molecular weight excluding hydrogens is 376 g/mol. The van der Waals surface area contributed by atoms with Gasteiger partial charge in [-0.2, -0.15) is 0 Å². The van der Waals surface area contributed by atoms with Gasteiger partial charge in [0.1, 0.15) is 11.5 Å². The van der Waals surface area contributed by atoms with E-state index in [1.807, 2.05) is 30.3 Å². The lowest BCUT2D eigenvalue weighted by Gasteiger charge is -2.20. The molecule has 0 aliphatic rings. The van der Waals surface area contributed by atoms with E-state index in [-0.39, 0.29) is 10.8 Å². The molecule has 0 aliphatic carbocycles. The molecule has 0 unspecified atom stereocenters. The third-order valence-corrected chi connectivity index (χ3v) is 5.98. The van der Waals surface area contributed by atoms with Crippen LogP contribution in [-0.2, 0) is 10.0 Å². The number of carbonyl (C=O) groups excluding carboxylic acids is 1. The Balaban J connectivity index is 1.78. The summed E-state index contributed by atoms with van der Waals surface area (Å²) in [6.07, 6.45) is 0. The van der Waals surface area contributed by atoms with Gasteiger partial charge in [-0.05, 0) is 60.7 Å². The minimum atomic E-state index is -3.75. The number of nitrogens with one attached hydrogen (secondary N) is 1. The molecule has 144 valence electrons. The van der Waals surface area contributed by atoms with Crippen molar-refractivity contribution < 1.29 is 17.9 Å². The smallest absolute Gasteiger partial charge is 0.264 e. The van der Waals surface area contributed by atoms with E-state index >= 15 is 0 Å². The maximum Gasteiger partial charge on any atom is 0.264 e. The highest BCUT2D eigenvalue weighted by molar-refractivity contribution is 7.92. The number of amides is 1. The molecule has 1 N–H and O–H groups in total. The molecule has 0 atom stereocenters. The first kappa shape index (κ1) is 19.4. The van der Waals surface area contributed by atoms with Gasteiger partial charge in [0, 0.05) is 19.7 Å². The highest BCUT2D eigenvalue weighted by atomic mass is 32.2. The third kappa shape index (κ3) is 4.15. The van der Waals surface area contributed by atoms with Crippen molar-refractivity contribution >= 4 is 21.6 Å². The summed E-state index contributed by atoms with van der Waals surface area (Å²) in [5, 5.41) is 2.50. The number of ether oxygens (including phenoxy) is 1. The molecule has 6 nitrogen and oxygen atoms in total. The van der Waals surface area contributed by atoms with Crippen molar-refractivity contribution in [2.45, 2.75) is 4.90 Å². The van der Waals surface area contributed by atoms with Crippen molar-refractivity contribution in [3.8, 4) is 11.5 Å². The van der Waals surface area contributed by atoms with E-state index in [1.54, 1.807) is 24.3 Å². The summed E-state index contributed by atoms with van der Waals surface area (Å²) in [5.41, 5.74) is 0.891. The molecule has 0 radical (unpaired) electrons. The van der Waals surface area contributed by atoms with Crippen LogP contribution in [0.5, 0.6) is 11.5 Å². The highest BCUT2D eigenvalue weighted by Crippen LogP contribution is 2.27. The van der Waals surface area contributed by atoms with Crippen LogP contribution in [0.1, 0.15) is 10.4 Å². The Morgan fingerprint density at radius 2 is 1.43 bits per heavy atom. The lowest BCUT2D eigenvalue weighted by atomic mass is 10.2. The molecule has 0 bridgehead atoms. The Hall–Kier alpha value is -3.32. The average molecular weight is 396 g/mol. The van der Waals surface area contributed by atoms with Gasteiger partial charge in [0.2, 0.25) is 0 Å². The SMILES string of the molecule is CNC(=O)c1ccc(S(=O)(=O)N(C)c2ccc(Oc3ccccc3)cc2)cc1. The standard InChI is InChI=1S/C21H20N2O4S/c1-22-21(24)16-8-14-20(15-9-16)28(25,26)23(2)17-10-12-19(13-11-17)27-18-6-4-3-5-7-18/h3-15H,1-2H3,(H,22,24). The molecule has 0 heterocycles. The number of para-hydroxylation sites is 1. The maximum absolute atomic E-state index is 12.9. The number of hydrogen-bond acceptors (Lipinski definition) is 4. The first-order chi connectivity index (χ1) is 13.4. The second kappa shape index (κ2) is 8.14. The van der Waals surface area contributed by atoms with E-state index in [2.05, 4.69) is 5.32 Å². The van der Waals surface area contributed by atoms with Gasteiger partial charge in [-0.3, -0.25) is 9.10 Å². The van der Waals surface area contributed by atoms with Crippen LogP contribution in [0.3, 0.4) is 0 Å². The Bertz CT molecular complexity index is 1050. The summed E-state index contributed by atoms with van der Waals surface area (Å²) in [6, 6.07) is 21.9. The van der Waals surface area contributed by atoms with E-state index in [9.17, 15) is 13.2 Å². The first-order valence-corrected chi connectivity index (χ1v) is 10.00. The van der Waals surface area contributed by atoms with Gasteiger partial charge in [0.15, 0.2) is 0 Å². The average Bonchev–Trinajstić information content (AvgIpc) is 2.74. The molecule has 0 saturated heterocycles. The number of hydrogen-bond donors (Lipinski definition) is 1. The van der Waals surface area contributed by atoms with Crippen molar-refractivity contribution in [2.24, 2.45) is 0 Å². The predicted octanol–water partition coefficient (Wildman–Crippen LogP) is 3.66. The fourth-order valence-electron chi connectivity index (χ4n) is 2.57. The maximum atomic E-state index is 12.9. The van der Waals surface area contributed by atoms with E-state index in [4.69, 9.17) is 4.74 Å². The summed E-state index contributed by atoms with van der Waals surface area (Å²) >= 11 is 0. The number of nitrogens with zero attached hydrogens (tertiary/aromatic N) is 1. The molecule has 3 aromatic carbocycles. The lowest BCUT2D eigenvalue weighted by Crippen LogP contribution is -2.26. The zero-order valence-electron chi connectivity index (χ0n) is 15.5.